The number of hydrogen-bond donors (Lipinski definition) is 1. The van der Waals surface area contributed by atoms with Crippen LogP contribution in [0.25, 0.3) is 0 Å². The molecule has 0 saturated carbocycles. The van der Waals surface area contributed by atoms with Crippen molar-refractivity contribution in [2.24, 2.45) is 0 Å². The maximum atomic E-state index is 3.96. The summed E-state index contributed by atoms with van der Waals surface area (Å²) in [6.45, 7) is 0.893. The zero-order valence-corrected chi connectivity index (χ0v) is 6.54. The third kappa shape index (κ3) is 2.23. The maximum absolute atomic E-state index is 3.96. The Kier molecular flexibility index (Phi) is 3.03. The number of pyridine rings is 1. The first-order valence-electron chi connectivity index (χ1n) is 3.17. The minimum atomic E-state index is 0.893. The smallest absolute Gasteiger partial charge is 0.169 e. The second-order valence-electron chi connectivity index (χ2n) is 1.96. The Hall–Kier alpha value is -0.760. The van der Waals surface area contributed by atoms with Crippen molar-refractivity contribution in [2.75, 3.05) is 0 Å². The van der Waals surface area contributed by atoms with Crippen molar-refractivity contribution < 1.29 is 4.57 Å². The molecule has 0 unspecified atom stereocenters. The minimum Gasteiger partial charge on any atom is -0.201 e. The molecule has 10 heavy (non-hydrogen) atoms. The number of aromatic nitrogens is 1. The molecule has 1 aromatic heterocycles. The normalized spacial score (nSPS) is 10.5. The summed E-state index contributed by atoms with van der Waals surface area (Å²) in [5.74, 6) is 0. The molecule has 0 N–H and O–H groups in total. The Morgan fingerprint density at radius 2 is 1.90 bits per heavy atom. The van der Waals surface area contributed by atoms with Gasteiger partial charge in [0.05, 0.1) is 0 Å². The highest BCUT2D eigenvalue weighted by Crippen LogP contribution is 1.79. The van der Waals surface area contributed by atoms with Crippen LogP contribution < -0.4 is 4.57 Å². The quantitative estimate of drug-likeness (QED) is 0.482. The summed E-state index contributed by atoms with van der Waals surface area (Å²) >= 11 is 3.96. The second kappa shape index (κ2) is 4.12. The van der Waals surface area contributed by atoms with E-state index in [4.69, 9.17) is 0 Å². The fourth-order valence-corrected chi connectivity index (χ4v) is 0.819. The van der Waals surface area contributed by atoms with Gasteiger partial charge in [-0.1, -0.05) is 6.07 Å². The molecule has 0 aliphatic carbocycles. The Morgan fingerprint density at radius 3 is 2.50 bits per heavy atom. The fraction of sp³-hybridized carbons (Fsp3) is 0.125. The van der Waals surface area contributed by atoms with E-state index in [9.17, 15) is 0 Å². The molecule has 1 aromatic rings. The first-order valence-corrected chi connectivity index (χ1v) is 3.68. The Labute approximate surface area is 66.4 Å². The summed E-state index contributed by atoms with van der Waals surface area (Å²) < 4.78 is 2.08. The van der Waals surface area contributed by atoms with E-state index in [1.165, 1.54) is 0 Å². The highest BCUT2D eigenvalue weighted by molar-refractivity contribution is 7.83. The molecule has 0 radical (unpaired) electrons. The summed E-state index contributed by atoms with van der Waals surface area (Å²) in [7, 11) is 0. The topological polar surface area (TPSA) is 3.88 Å². The Morgan fingerprint density at radius 1 is 1.20 bits per heavy atom. The molecule has 0 bridgehead atoms. The lowest BCUT2D eigenvalue weighted by molar-refractivity contribution is -0.687. The molecule has 0 aromatic carbocycles. The standard InChI is InChI=1S/C8H9NS/c10-8-4-7-9-5-2-1-3-6-9/h1-6,8H,7H2/p+1. The summed E-state index contributed by atoms with van der Waals surface area (Å²) in [4.78, 5) is 0. The minimum absolute atomic E-state index is 0.893. The van der Waals surface area contributed by atoms with Crippen LogP contribution in [0.2, 0.25) is 0 Å². The van der Waals surface area contributed by atoms with Gasteiger partial charge < -0.3 is 0 Å². The zero-order valence-electron chi connectivity index (χ0n) is 5.64. The molecule has 2 heteroatoms. The molecular formula is C8H10NS+. The van der Waals surface area contributed by atoms with E-state index >= 15 is 0 Å². The summed E-state index contributed by atoms with van der Waals surface area (Å²) in [6.07, 6.45) is 6.03. The van der Waals surface area contributed by atoms with Crippen LogP contribution in [0, 0.1) is 0 Å². The molecule has 0 amide bonds. The highest BCUT2D eigenvalue weighted by Gasteiger charge is 1.89. The van der Waals surface area contributed by atoms with Gasteiger partial charge in [0.15, 0.2) is 18.9 Å². The van der Waals surface area contributed by atoms with E-state index in [1.807, 2.05) is 36.7 Å². The van der Waals surface area contributed by atoms with Crippen molar-refractivity contribution in [3.8, 4) is 0 Å². The first-order chi connectivity index (χ1) is 4.93. The van der Waals surface area contributed by atoms with E-state index in [2.05, 4.69) is 17.2 Å². The average Bonchev–Trinajstić information content (AvgIpc) is 2.03. The van der Waals surface area contributed by atoms with Gasteiger partial charge in [-0.3, -0.25) is 0 Å². The molecule has 0 aliphatic rings. The molecule has 0 atom stereocenters. The van der Waals surface area contributed by atoms with Gasteiger partial charge in [-0.25, -0.2) is 4.57 Å². The van der Waals surface area contributed by atoms with Gasteiger partial charge in [0.25, 0.3) is 0 Å². The van der Waals surface area contributed by atoms with Gasteiger partial charge in [-0.15, -0.1) is 0 Å². The predicted molar refractivity (Wildman–Crippen MR) is 44.8 cm³/mol. The van der Waals surface area contributed by atoms with Gasteiger partial charge >= 0.3 is 0 Å². The van der Waals surface area contributed by atoms with Gasteiger partial charge in [0, 0.05) is 12.1 Å². The highest BCUT2D eigenvalue weighted by atomic mass is 32.1. The lowest BCUT2D eigenvalue weighted by atomic mass is 10.5. The predicted octanol–water partition coefficient (Wildman–Crippen LogP) is 1.42. The van der Waals surface area contributed by atoms with Crippen LogP contribution >= 0.6 is 12.6 Å². The molecule has 52 valence electrons. The van der Waals surface area contributed by atoms with Crippen molar-refractivity contribution in [2.45, 2.75) is 6.54 Å². The van der Waals surface area contributed by atoms with Crippen LogP contribution in [0.1, 0.15) is 0 Å². The molecule has 1 heterocycles. The van der Waals surface area contributed by atoms with Crippen LogP contribution in [-0.2, 0) is 6.54 Å². The third-order valence-electron chi connectivity index (χ3n) is 1.20. The van der Waals surface area contributed by atoms with Crippen molar-refractivity contribution in [3.05, 3.63) is 42.1 Å². The second-order valence-corrected chi connectivity index (χ2v) is 2.26. The Balaban J connectivity index is 2.59. The summed E-state index contributed by atoms with van der Waals surface area (Å²) in [5.41, 5.74) is 0. The number of rotatable bonds is 2. The SMILES string of the molecule is SC=CC[n+]1ccccc1. The largest absolute Gasteiger partial charge is 0.201 e. The van der Waals surface area contributed by atoms with Crippen molar-refractivity contribution in [1.29, 1.82) is 0 Å². The molecular weight excluding hydrogens is 142 g/mol. The van der Waals surface area contributed by atoms with Crippen molar-refractivity contribution in [1.82, 2.24) is 0 Å². The van der Waals surface area contributed by atoms with Gasteiger partial charge in [-0.05, 0) is 11.5 Å². The average molecular weight is 152 g/mol. The van der Waals surface area contributed by atoms with Crippen LogP contribution in [0.3, 0.4) is 0 Å². The van der Waals surface area contributed by atoms with Gasteiger partial charge in [-0.2, -0.15) is 12.6 Å². The number of allylic oxidation sites excluding steroid dienone is 1. The van der Waals surface area contributed by atoms with Crippen LogP contribution in [0.4, 0.5) is 0 Å². The lowest BCUT2D eigenvalue weighted by Crippen LogP contribution is -2.30. The fourth-order valence-electron chi connectivity index (χ4n) is 0.725. The van der Waals surface area contributed by atoms with Crippen LogP contribution in [0.15, 0.2) is 42.1 Å². The molecule has 1 nitrogen and oxygen atoms in total. The molecule has 1 rings (SSSR count). The summed E-state index contributed by atoms with van der Waals surface area (Å²) in [6, 6.07) is 6.01. The monoisotopic (exact) mass is 152 g/mol. The lowest BCUT2D eigenvalue weighted by Gasteiger charge is -1.87. The maximum Gasteiger partial charge on any atom is 0.169 e. The van der Waals surface area contributed by atoms with E-state index in [-0.39, 0.29) is 0 Å². The molecule has 0 aliphatic heterocycles. The third-order valence-corrected chi connectivity index (χ3v) is 1.41. The van der Waals surface area contributed by atoms with Crippen LogP contribution in [-0.4, -0.2) is 0 Å². The van der Waals surface area contributed by atoms with E-state index in [1.54, 1.807) is 5.41 Å². The number of hydrogen-bond acceptors (Lipinski definition) is 1. The molecule has 0 fully saturated rings. The molecule has 0 saturated heterocycles. The van der Waals surface area contributed by atoms with E-state index in [0.717, 1.165) is 6.54 Å². The number of nitrogens with zero attached hydrogens (tertiary/aromatic N) is 1. The van der Waals surface area contributed by atoms with Gasteiger partial charge in [0.1, 0.15) is 0 Å². The van der Waals surface area contributed by atoms with Gasteiger partial charge in [0.2, 0.25) is 0 Å². The molecule has 0 spiro atoms. The van der Waals surface area contributed by atoms with Crippen LogP contribution in [0.5, 0.6) is 0 Å². The Bertz CT molecular complexity index is 206. The number of thiol groups is 1. The van der Waals surface area contributed by atoms with E-state index < -0.39 is 0 Å². The van der Waals surface area contributed by atoms with Crippen molar-refractivity contribution in [3.63, 3.8) is 0 Å². The first kappa shape index (κ1) is 7.35. The van der Waals surface area contributed by atoms with Crippen molar-refractivity contribution >= 4 is 12.6 Å². The zero-order chi connectivity index (χ0) is 7.23. The summed E-state index contributed by atoms with van der Waals surface area (Å²) in [5, 5.41) is 1.75. The van der Waals surface area contributed by atoms with E-state index in [0.29, 0.717) is 0 Å².